The molecule has 1 saturated heterocycles. The SMILES string of the molecule is O=C([C@H]1CC=CCC1)N1CCC[C@H]1c1ncc(-c2ccccc2F)[nH]1. The summed E-state index contributed by atoms with van der Waals surface area (Å²) in [6.07, 6.45) is 10.6. The molecule has 1 aliphatic carbocycles. The molecule has 0 spiro atoms. The molecule has 1 N–H and O–H groups in total. The topological polar surface area (TPSA) is 49.0 Å². The van der Waals surface area contributed by atoms with Crippen LogP contribution in [0.25, 0.3) is 11.3 Å². The molecule has 0 unspecified atom stereocenters. The second-order valence-electron chi connectivity index (χ2n) is 6.83. The summed E-state index contributed by atoms with van der Waals surface area (Å²) >= 11 is 0. The van der Waals surface area contributed by atoms with E-state index in [1.165, 1.54) is 6.07 Å². The van der Waals surface area contributed by atoms with Crippen molar-refractivity contribution >= 4 is 5.91 Å². The average molecular weight is 339 g/mol. The van der Waals surface area contributed by atoms with Gasteiger partial charge in [0.05, 0.1) is 17.9 Å². The fourth-order valence-electron chi connectivity index (χ4n) is 3.89. The minimum absolute atomic E-state index is 0.0288. The third-order valence-corrected chi connectivity index (χ3v) is 5.23. The fraction of sp³-hybridized carbons (Fsp3) is 0.400. The van der Waals surface area contributed by atoms with Gasteiger partial charge in [-0.3, -0.25) is 4.79 Å². The Morgan fingerprint density at radius 1 is 1.24 bits per heavy atom. The third-order valence-electron chi connectivity index (χ3n) is 5.23. The van der Waals surface area contributed by atoms with Gasteiger partial charge in [0, 0.05) is 18.0 Å². The molecular formula is C20H22FN3O. The Morgan fingerprint density at radius 3 is 2.92 bits per heavy atom. The number of rotatable bonds is 3. The molecule has 2 aromatic rings. The Bertz CT molecular complexity index is 798. The molecule has 1 aromatic carbocycles. The van der Waals surface area contributed by atoms with Crippen molar-refractivity contribution in [3.05, 3.63) is 54.3 Å². The number of halogens is 1. The highest BCUT2D eigenvalue weighted by Gasteiger charge is 2.35. The van der Waals surface area contributed by atoms with Crippen molar-refractivity contribution in [3.8, 4) is 11.3 Å². The Kier molecular flexibility index (Phi) is 4.38. The molecule has 0 bridgehead atoms. The normalized spacial score (nSPS) is 23.2. The van der Waals surface area contributed by atoms with Gasteiger partial charge in [0.1, 0.15) is 11.6 Å². The molecule has 2 aliphatic rings. The maximum absolute atomic E-state index is 14.0. The van der Waals surface area contributed by atoms with E-state index in [1.807, 2.05) is 4.90 Å². The van der Waals surface area contributed by atoms with Crippen LogP contribution >= 0.6 is 0 Å². The van der Waals surface area contributed by atoms with E-state index in [1.54, 1.807) is 24.4 Å². The molecule has 5 heteroatoms. The minimum Gasteiger partial charge on any atom is -0.340 e. The Morgan fingerprint density at radius 2 is 2.12 bits per heavy atom. The van der Waals surface area contributed by atoms with E-state index in [0.717, 1.165) is 44.5 Å². The van der Waals surface area contributed by atoms with Crippen LogP contribution in [0.4, 0.5) is 4.39 Å². The van der Waals surface area contributed by atoms with Crippen molar-refractivity contribution in [2.24, 2.45) is 5.92 Å². The average Bonchev–Trinajstić information content (AvgIpc) is 3.31. The summed E-state index contributed by atoms with van der Waals surface area (Å²) in [5, 5.41) is 0. The number of carbonyl (C=O) groups is 1. The zero-order chi connectivity index (χ0) is 17.2. The summed E-state index contributed by atoms with van der Waals surface area (Å²) in [6, 6.07) is 6.63. The van der Waals surface area contributed by atoms with Gasteiger partial charge in [-0.1, -0.05) is 24.3 Å². The standard InChI is InChI=1S/C20H22FN3O/c21-16-10-5-4-9-15(16)17-13-22-19(23-17)18-11-6-12-24(18)20(25)14-7-2-1-3-8-14/h1-2,4-5,9-10,13-14,18H,3,6-8,11-12H2,(H,22,23)/t14-,18-/m0/s1. The van der Waals surface area contributed by atoms with Crippen molar-refractivity contribution in [2.45, 2.75) is 38.1 Å². The number of likely N-dealkylation sites (tertiary alicyclic amines) is 1. The first-order chi connectivity index (χ1) is 12.2. The number of benzene rings is 1. The van der Waals surface area contributed by atoms with Gasteiger partial charge in [0.15, 0.2) is 0 Å². The third kappa shape index (κ3) is 3.11. The first kappa shape index (κ1) is 16.1. The van der Waals surface area contributed by atoms with Crippen molar-refractivity contribution in [3.63, 3.8) is 0 Å². The molecule has 4 nitrogen and oxygen atoms in total. The summed E-state index contributed by atoms with van der Waals surface area (Å²) in [6.45, 7) is 0.777. The first-order valence-corrected chi connectivity index (χ1v) is 8.99. The van der Waals surface area contributed by atoms with Crippen LogP contribution in [0, 0.1) is 11.7 Å². The quantitative estimate of drug-likeness (QED) is 0.851. The zero-order valence-corrected chi connectivity index (χ0v) is 14.1. The van der Waals surface area contributed by atoms with Crippen LogP contribution in [0.2, 0.25) is 0 Å². The van der Waals surface area contributed by atoms with Crippen molar-refractivity contribution in [2.75, 3.05) is 6.54 Å². The number of aromatic amines is 1. The van der Waals surface area contributed by atoms with E-state index in [0.29, 0.717) is 11.3 Å². The molecule has 25 heavy (non-hydrogen) atoms. The smallest absolute Gasteiger partial charge is 0.226 e. The lowest BCUT2D eigenvalue weighted by molar-refractivity contribution is -0.136. The molecule has 0 radical (unpaired) electrons. The molecule has 130 valence electrons. The number of nitrogens with one attached hydrogen (secondary N) is 1. The lowest BCUT2D eigenvalue weighted by Crippen LogP contribution is -2.36. The maximum Gasteiger partial charge on any atom is 0.226 e. The van der Waals surface area contributed by atoms with Gasteiger partial charge >= 0.3 is 0 Å². The lowest BCUT2D eigenvalue weighted by Gasteiger charge is -2.28. The number of amides is 1. The van der Waals surface area contributed by atoms with Crippen molar-refractivity contribution in [1.29, 1.82) is 0 Å². The maximum atomic E-state index is 14.0. The van der Waals surface area contributed by atoms with Gasteiger partial charge in [-0.15, -0.1) is 0 Å². The summed E-state index contributed by atoms with van der Waals surface area (Å²) in [4.78, 5) is 22.6. The van der Waals surface area contributed by atoms with Gasteiger partial charge in [0.2, 0.25) is 5.91 Å². The number of nitrogens with zero attached hydrogens (tertiary/aromatic N) is 2. The summed E-state index contributed by atoms with van der Waals surface area (Å²) in [5.41, 5.74) is 1.17. The number of carbonyl (C=O) groups excluding carboxylic acids is 1. The highest BCUT2D eigenvalue weighted by Crippen LogP contribution is 2.34. The van der Waals surface area contributed by atoms with Crippen molar-refractivity contribution < 1.29 is 9.18 Å². The predicted octanol–water partition coefficient (Wildman–Crippen LogP) is 4.24. The lowest BCUT2D eigenvalue weighted by atomic mass is 9.93. The largest absolute Gasteiger partial charge is 0.340 e. The van der Waals surface area contributed by atoms with E-state index in [9.17, 15) is 9.18 Å². The molecule has 2 atom stereocenters. The van der Waals surface area contributed by atoms with Crippen LogP contribution in [-0.2, 0) is 4.79 Å². The zero-order valence-electron chi connectivity index (χ0n) is 14.1. The predicted molar refractivity (Wildman–Crippen MR) is 94.2 cm³/mol. The van der Waals surface area contributed by atoms with E-state index >= 15 is 0 Å². The van der Waals surface area contributed by atoms with Gasteiger partial charge in [0.25, 0.3) is 0 Å². The molecule has 2 heterocycles. The van der Waals surface area contributed by atoms with Gasteiger partial charge < -0.3 is 9.88 Å². The van der Waals surface area contributed by atoms with Crippen molar-refractivity contribution in [1.82, 2.24) is 14.9 Å². The van der Waals surface area contributed by atoms with E-state index in [-0.39, 0.29) is 23.7 Å². The number of imidazole rings is 1. The van der Waals surface area contributed by atoms with Crippen LogP contribution < -0.4 is 0 Å². The van der Waals surface area contributed by atoms with E-state index in [2.05, 4.69) is 22.1 Å². The van der Waals surface area contributed by atoms with Gasteiger partial charge in [-0.2, -0.15) is 0 Å². The molecule has 1 aromatic heterocycles. The summed E-state index contributed by atoms with van der Waals surface area (Å²) in [5.74, 6) is 0.809. The second kappa shape index (κ2) is 6.82. The van der Waals surface area contributed by atoms with Crippen LogP contribution in [0.15, 0.2) is 42.6 Å². The number of allylic oxidation sites excluding steroid dienone is 2. The minimum atomic E-state index is -0.272. The van der Waals surface area contributed by atoms with E-state index in [4.69, 9.17) is 0 Å². The first-order valence-electron chi connectivity index (χ1n) is 8.99. The Hall–Kier alpha value is -2.43. The highest BCUT2D eigenvalue weighted by atomic mass is 19.1. The number of H-pyrrole nitrogens is 1. The Balaban J connectivity index is 1.56. The molecule has 0 saturated carbocycles. The van der Waals surface area contributed by atoms with Crippen LogP contribution in [0.1, 0.15) is 44.0 Å². The second-order valence-corrected chi connectivity index (χ2v) is 6.83. The fourth-order valence-corrected chi connectivity index (χ4v) is 3.89. The Labute approximate surface area is 146 Å². The number of aromatic nitrogens is 2. The molecule has 4 rings (SSSR count). The highest BCUT2D eigenvalue weighted by molar-refractivity contribution is 5.80. The molecule has 1 aliphatic heterocycles. The molecule has 1 amide bonds. The number of hydrogen-bond acceptors (Lipinski definition) is 2. The summed E-state index contributed by atoms with van der Waals surface area (Å²) in [7, 11) is 0. The van der Waals surface area contributed by atoms with Crippen LogP contribution in [-0.4, -0.2) is 27.3 Å². The van der Waals surface area contributed by atoms with Crippen LogP contribution in [0.5, 0.6) is 0 Å². The van der Waals surface area contributed by atoms with E-state index < -0.39 is 0 Å². The summed E-state index contributed by atoms with van der Waals surface area (Å²) < 4.78 is 14.0. The monoisotopic (exact) mass is 339 g/mol. The van der Waals surface area contributed by atoms with Gasteiger partial charge in [-0.25, -0.2) is 9.37 Å². The van der Waals surface area contributed by atoms with Crippen LogP contribution in [0.3, 0.4) is 0 Å². The van der Waals surface area contributed by atoms with Gasteiger partial charge in [-0.05, 0) is 44.2 Å². The molecule has 1 fully saturated rings. The molecular weight excluding hydrogens is 317 g/mol. The number of hydrogen-bond donors (Lipinski definition) is 1.